The van der Waals surface area contributed by atoms with Crippen molar-refractivity contribution in [2.75, 3.05) is 24.1 Å². The molecule has 8 heteroatoms. The molecule has 0 saturated carbocycles. The highest BCUT2D eigenvalue weighted by Crippen LogP contribution is 2.27. The quantitative estimate of drug-likeness (QED) is 0.710. The Bertz CT molecular complexity index is 1040. The number of urea groups is 1. The predicted octanol–water partition coefficient (Wildman–Crippen LogP) is 3.27. The van der Waals surface area contributed by atoms with Gasteiger partial charge in [0, 0.05) is 37.2 Å². The van der Waals surface area contributed by atoms with Gasteiger partial charge in [-0.05, 0) is 55.2 Å². The maximum atomic E-state index is 13.4. The Labute approximate surface area is 167 Å². The number of anilines is 2. The monoisotopic (exact) mass is 392 g/mol. The average molecular weight is 392 g/mol. The lowest BCUT2D eigenvalue weighted by Crippen LogP contribution is -2.52. The zero-order valence-corrected chi connectivity index (χ0v) is 16.0. The summed E-state index contributed by atoms with van der Waals surface area (Å²) < 4.78 is 13.4. The highest BCUT2D eigenvalue weighted by Gasteiger charge is 2.31. The number of hydrogen-bond donors (Lipinski definition) is 2. The molecular formula is C21H21FN6O. The minimum Gasteiger partial charge on any atom is -0.396 e. The van der Waals surface area contributed by atoms with Gasteiger partial charge >= 0.3 is 6.03 Å². The number of likely N-dealkylation sites (tertiary alicyclic amines) is 1. The van der Waals surface area contributed by atoms with Crippen molar-refractivity contribution in [3.05, 3.63) is 66.0 Å². The summed E-state index contributed by atoms with van der Waals surface area (Å²) in [5, 5.41) is 2.79. The molecule has 1 saturated heterocycles. The van der Waals surface area contributed by atoms with E-state index < -0.39 is 0 Å². The summed E-state index contributed by atoms with van der Waals surface area (Å²) in [5.41, 5.74) is 9.46. The standard InChI is InChI=1S/C21H21FN6O/c1-13-8-15(22)2-3-17(13)19-5-4-18(23)20(26-19)27-21(29)28-11-14(12-28)9-16-10-24-6-7-25-16/h2-8,10,14H,9,11-12,23H2,1H3,(H,26,27,29). The van der Waals surface area contributed by atoms with E-state index in [1.54, 1.807) is 41.7 Å². The molecule has 0 radical (unpaired) electrons. The third-order valence-corrected chi connectivity index (χ3v) is 4.98. The molecule has 0 aliphatic carbocycles. The van der Waals surface area contributed by atoms with E-state index in [1.807, 2.05) is 6.92 Å². The number of aryl methyl sites for hydroxylation is 1. The first kappa shape index (κ1) is 18.8. The van der Waals surface area contributed by atoms with Crippen molar-refractivity contribution in [3.8, 4) is 11.3 Å². The number of nitrogen functional groups attached to an aromatic ring is 1. The first-order valence-electron chi connectivity index (χ1n) is 9.33. The van der Waals surface area contributed by atoms with Gasteiger partial charge in [0.2, 0.25) is 0 Å². The maximum absolute atomic E-state index is 13.4. The van der Waals surface area contributed by atoms with E-state index in [0.717, 1.165) is 23.2 Å². The first-order valence-corrected chi connectivity index (χ1v) is 9.33. The molecule has 0 spiro atoms. The molecule has 3 N–H and O–H groups in total. The maximum Gasteiger partial charge on any atom is 0.323 e. The van der Waals surface area contributed by atoms with Crippen LogP contribution in [0, 0.1) is 18.7 Å². The molecule has 1 aromatic carbocycles. The van der Waals surface area contributed by atoms with E-state index in [9.17, 15) is 9.18 Å². The second kappa shape index (κ2) is 7.83. The van der Waals surface area contributed by atoms with Crippen LogP contribution in [0.4, 0.5) is 20.7 Å². The molecule has 3 heterocycles. The highest BCUT2D eigenvalue weighted by molar-refractivity contribution is 5.92. The van der Waals surface area contributed by atoms with E-state index in [2.05, 4.69) is 20.3 Å². The van der Waals surface area contributed by atoms with Gasteiger partial charge < -0.3 is 10.6 Å². The van der Waals surface area contributed by atoms with Gasteiger partial charge in [-0.1, -0.05) is 0 Å². The summed E-state index contributed by atoms with van der Waals surface area (Å²) in [4.78, 5) is 27.1. The number of pyridine rings is 1. The number of carbonyl (C=O) groups is 1. The zero-order chi connectivity index (χ0) is 20.4. The number of aromatic nitrogens is 3. The molecular weight excluding hydrogens is 371 g/mol. The Balaban J connectivity index is 1.41. The van der Waals surface area contributed by atoms with E-state index >= 15 is 0 Å². The van der Waals surface area contributed by atoms with Crippen LogP contribution in [0.2, 0.25) is 0 Å². The Kier molecular flexibility index (Phi) is 5.07. The number of nitrogens with two attached hydrogens (primary N) is 1. The summed E-state index contributed by atoms with van der Waals surface area (Å²) in [6.07, 6.45) is 5.85. The molecule has 7 nitrogen and oxygen atoms in total. The van der Waals surface area contributed by atoms with Crippen molar-refractivity contribution < 1.29 is 9.18 Å². The SMILES string of the molecule is Cc1cc(F)ccc1-c1ccc(N)c(NC(=O)N2CC(Cc3cnccn3)C2)n1. The number of amides is 2. The highest BCUT2D eigenvalue weighted by atomic mass is 19.1. The van der Waals surface area contributed by atoms with Crippen molar-refractivity contribution in [1.29, 1.82) is 0 Å². The Morgan fingerprint density at radius 3 is 2.83 bits per heavy atom. The van der Waals surface area contributed by atoms with E-state index in [0.29, 0.717) is 36.2 Å². The van der Waals surface area contributed by atoms with Gasteiger partial charge in [-0.2, -0.15) is 0 Å². The van der Waals surface area contributed by atoms with Gasteiger partial charge in [-0.25, -0.2) is 14.2 Å². The van der Waals surface area contributed by atoms with Gasteiger partial charge in [0.15, 0.2) is 5.82 Å². The van der Waals surface area contributed by atoms with Crippen LogP contribution in [-0.4, -0.2) is 39.0 Å². The third kappa shape index (κ3) is 4.16. The van der Waals surface area contributed by atoms with Crippen molar-refractivity contribution >= 4 is 17.5 Å². The lowest BCUT2D eigenvalue weighted by molar-refractivity contribution is 0.130. The lowest BCUT2D eigenvalue weighted by Gasteiger charge is -2.39. The topological polar surface area (TPSA) is 97.0 Å². The number of hydrogen-bond acceptors (Lipinski definition) is 5. The van der Waals surface area contributed by atoms with Crippen LogP contribution in [0.1, 0.15) is 11.3 Å². The van der Waals surface area contributed by atoms with Crippen LogP contribution in [0.3, 0.4) is 0 Å². The van der Waals surface area contributed by atoms with Gasteiger partial charge in [-0.15, -0.1) is 0 Å². The van der Waals surface area contributed by atoms with Crippen LogP contribution in [0.5, 0.6) is 0 Å². The molecule has 0 atom stereocenters. The van der Waals surface area contributed by atoms with Crippen molar-refractivity contribution in [2.45, 2.75) is 13.3 Å². The fourth-order valence-electron chi connectivity index (χ4n) is 3.41. The van der Waals surface area contributed by atoms with Crippen LogP contribution < -0.4 is 11.1 Å². The van der Waals surface area contributed by atoms with E-state index in [-0.39, 0.29) is 11.8 Å². The summed E-state index contributed by atoms with van der Waals surface area (Å²) in [6, 6.07) is 7.70. The van der Waals surface area contributed by atoms with Crippen LogP contribution in [0.15, 0.2) is 48.9 Å². The molecule has 2 aromatic heterocycles. The normalized spacial score (nSPS) is 13.8. The molecule has 1 fully saturated rings. The number of halogens is 1. The first-order chi connectivity index (χ1) is 14.0. The van der Waals surface area contributed by atoms with Crippen LogP contribution in [0.25, 0.3) is 11.3 Å². The number of carbonyl (C=O) groups excluding carboxylic acids is 1. The van der Waals surface area contributed by atoms with Gasteiger partial charge in [-0.3, -0.25) is 15.3 Å². The second-order valence-corrected chi connectivity index (χ2v) is 7.20. The van der Waals surface area contributed by atoms with Crippen LogP contribution >= 0.6 is 0 Å². The van der Waals surface area contributed by atoms with Crippen molar-refractivity contribution in [3.63, 3.8) is 0 Å². The fraction of sp³-hybridized carbons (Fsp3) is 0.238. The van der Waals surface area contributed by atoms with Gasteiger partial charge in [0.05, 0.1) is 17.1 Å². The third-order valence-electron chi connectivity index (χ3n) is 4.98. The lowest BCUT2D eigenvalue weighted by atomic mass is 9.95. The molecule has 29 heavy (non-hydrogen) atoms. The van der Waals surface area contributed by atoms with Crippen molar-refractivity contribution in [2.24, 2.45) is 5.92 Å². The number of benzene rings is 1. The summed E-state index contributed by atoms with van der Waals surface area (Å²) in [5.74, 6) is 0.355. The molecule has 148 valence electrons. The Hall–Kier alpha value is -3.55. The molecule has 1 aliphatic rings. The summed E-state index contributed by atoms with van der Waals surface area (Å²) in [6.45, 7) is 3.09. The predicted molar refractivity (Wildman–Crippen MR) is 109 cm³/mol. The molecule has 2 amide bonds. The number of nitrogens with one attached hydrogen (secondary N) is 1. The van der Waals surface area contributed by atoms with Gasteiger partial charge in [0.25, 0.3) is 0 Å². The Morgan fingerprint density at radius 2 is 2.10 bits per heavy atom. The summed E-state index contributed by atoms with van der Waals surface area (Å²) >= 11 is 0. The molecule has 4 rings (SSSR count). The largest absolute Gasteiger partial charge is 0.396 e. The minimum atomic E-state index is -0.302. The fourth-order valence-corrected chi connectivity index (χ4v) is 3.41. The molecule has 3 aromatic rings. The van der Waals surface area contributed by atoms with Crippen molar-refractivity contribution in [1.82, 2.24) is 19.9 Å². The smallest absolute Gasteiger partial charge is 0.323 e. The van der Waals surface area contributed by atoms with Crippen LogP contribution in [-0.2, 0) is 6.42 Å². The number of rotatable bonds is 4. The average Bonchev–Trinajstić information content (AvgIpc) is 2.67. The van der Waals surface area contributed by atoms with E-state index in [4.69, 9.17) is 5.73 Å². The molecule has 0 bridgehead atoms. The number of nitrogens with zero attached hydrogens (tertiary/aromatic N) is 4. The van der Waals surface area contributed by atoms with E-state index in [1.165, 1.54) is 12.1 Å². The van der Waals surface area contributed by atoms with Gasteiger partial charge in [0.1, 0.15) is 5.82 Å². The molecule has 0 unspecified atom stereocenters. The summed E-state index contributed by atoms with van der Waals surface area (Å²) in [7, 11) is 0. The minimum absolute atomic E-state index is 0.243. The molecule has 1 aliphatic heterocycles. The zero-order valence-electron chi connectivity index (χ0n) is 16.0. The Morgan fingerprint density at radius 1 is 1.28 bits per heavy atom. The second-order valence-electron chi connectivity index (χ2n) is 7.20.